The lowest BCUT2D eigenvalue weighted by atomic mass is 9.91. The van der Waals surface area contributed by atoms with E-state index in [1.807, 2.05) is 19.9 Å². The number of ether oxygens (including phenoxy) is 2. The minimum Gasteiger partial charge on any atom is -0.493 e. The Bertz CT molecular complexity index is 1210. The highest BCUT2D eigenvalue weighted by molar-refractivity contribution is 5.93. The second-order valence-electron chi connectivity index (χ2n) is 8.47. The average molecular weight is 486 g/mol. The number of nitrogens with zero attached hydrogens (tertiary/aromatic N) is 4. The zero-order valence-corrected chi connectivity index (χ0v) is 19.6. The van der Waals surface area contributed by atoms with Gasteiger partial charge in [-0.2, -0.15) is 23.4 Å². The maximum absolute atomic E-state index is 13.1. The first kappa shape index (κ1) is 24.4. The monoisotopic (exact) mass is 486 g/mol. The Balaban J connectivity index is 1.42. The number of aryl methyl sites for hydroxylation is 2. The molecule has 7 nitrogen and oxygen atoms in total. The number of benzene rings is 1. The van der Waals surface area contributed by atoms with E-state index in [0.717, 1.165) is 41.9 Å². The molecule has 1 aliphatic heterocycles. The van der Waals surface area contributed by atoms with E-state index < -0.39 is 11.7 Å². The van der Waals surface area contributed by atoms with Crippen molar-refractivity contribution >= 4 is 5.91 Å². The maximum Gasteiger partial charge on any atom is 0.416 e. The van der Waals surface area contributed by atoms with Crippen LogP contribution in [-0.2, 0) is 6.18 Å². The van der Waals surface area contributed by atoms with E-state index in [1.165, 1.54) is 31.5 Å². The van der Waals surface area contributed by atoms with Gasteiger partial charge in [-0.05, 0) is 62.6 Å². The average Bonchev–Trinajstić information content (AvgIpc) is 2.84. The van der Waals surface area contributed by atoms with Crippen LogP contribution < -0.4 is 9.47 Å². The molecule has 184 valence electrons. The molecule has 10 heteroatoms. The molecule has 2 aromatic heterocycles. The van der Waals surface area contributed by atoms with Crippen LogP contribution in [0.3, 0.4) is 0 Å². The SMILES string of the molecule is COc1cc(C(=O)N2CCC(c3nnc(C)cc3C)CC2)ncc1Oc1ccc(C(F)(F)F)cc1. The number of hydrogen-bond acceptors (Lipinski definition) is 6. The number of methoxy groups -OCH3 is 1. The lowest BCUT2D eigenvalue weighted by Gasteiger charge is -2.32. The van der Waals surface area contributed by atoms with Crippen LogP contribution in [-0.4, -0.2) is 46.2 Å². The molecule has 1 aliphatic rings. The molecule has 1 aromatic carbocycles. The normalized spacial score (nSPS) is 14.6. The van der Waals surface area contributed by atoms with Gasteiger partial charge in [0.25, 0.3) is 5.91 Å². The van der Waals surface area contributed by atoms with Crippen LogP contribution in [0.2, 0.25) is 0 Å². The minimum absolute atomic E-state index is 0.189. The Hall–Kier alpha value is -3.69. The number of aromatic nitrogens is 3. The highest BCUT2D eigenvalue weighted by Crippen LogP contribution is 2.35. The van der Waals surface area contributed by atoms with E-state index >= 15 is 0 Å². The van der Waals surface area contributed by atoms with Gasteiger partial charge in [-0.3, -0.25) is 4.79 Å². The van der Waals surface area contributed by atoms with Crippen molar-refractivity contribution in [2.75, 3.05) is 20.2 Å². The number of pyridine rings is 1. The molecule has 0 aliphatic carbocycles. The van der Waals surface area contributed by atoms with Gasteiger partial charge in [-0.25, -0.2) is 4.98 Å². The lowest BCUT2D eigenvalue weighted by molar-refractivity contribution is -0.137. The molecule has 4 rings (SSSR count). The van der Waals surface area contributed by atoms with Gasteiger partial charge in [0.05, 0.1) is 30.3 Å². The van der Waals surface area contributed by atoms with Gasteiger partial charge in [-0.15, -0.1) is 0 Å². The first-order chi connectivity index (χ1) is 16.7. The summed E-state index contributed by atoms with van der Waals surface area (Å²) in [5, 5.41) is 8.53. The Morgan fingerprint density at radius 1 is 1.03 bits per heavy atom. The first-order valence-electron chi connectivity index (χ1n) is 11.1. The highest BCUT2D eigenvalue weighted by Gasteiger charge is 2.30. The van der Waals surface area contributed by atoms with Crippen molar-refractivity contribution in [2.45, 2.75) is 38.8 Å². The zero-order chi connectivity index (χ0) is 25.2. The predicted molar refractivity (Wildman–Crippen MR) is 122 cm³/mol. The number of likely N-dealkylation sites (tertiary alicyclic amines) is 1. The summed E-state index contributed by atoms with van der Waals surface area (Å²) in [5.74, 6) is 0.650. The number of carbonyl (C=O) groups excluding carboxylic acids is 1. The van der Waals surface area contributed by atoms with Crippen LogP contribution >= 0.6 is 0 Å². The summed E-state index contributed by atoms with van der Waals surface area (Å²) in [5.41, 5.74) is 2.39. The molecule has 0 radical (unpaired) electrons. The largest absolute Gasteiger partial charge is 0.493 e. The van der Waals surface area contributed by atoms with E-state index in [9.17, 15) is 18.0 Å². The fraction of sp³-hybridized carbons (Fsp3) is 0.360. The fourth-order valence-electron chi connectivity index (χ4n) is 4.17. The number of halogens is 3. The first-order valence-corrected chi connectivity index (χ1v) is 11.1. The molecule has 0 spiro atoms. The van der Waals surface area contributed by atoms with Crippen molar-refractivity contribution in [3.63, 3.8) is 0 Å². The molecule has 1 amide bonds. The van der Waals surface area contributed by atoms with Crippen LogP contribution in [0.25, 0.3) is 0 Å². The van der Waals surface area contributed by atoms with Crippen molar-refractivity contribution < 1.29 is 27.4 Å². The van der Waals surface area contributed by atoms with Crippen LogP contribution in [0.15, 0.2) is 42.6 Å². The predicted octanol–water partition coefficient (Wildman–Crippen LogP) is 5.33. The molecule has 35 heavy (non-hydrogen) atoms. The van der Waals surface area contributed by atoms with Gasteiger partial charge in [0, 0.05) is 25.1 Å². The topological polar surface area (TPSA) is 77.4 Å². The summed E-state index contributed by atoms with van der Waals surface area (Å²) in [6, 6.07) is 7.78. The Morgan fingerprint density at radius 2 is 1.71 bits per heavy atom. The minimum atomic E-state index is -4.43. The van der Waals surface area contributed by atoms with E-state index in [0.29, 0.717) is 13.1 Å². The molecule has 1 fully saturated rings. The number of rotatable bonds is 5. The summed E-state index contributed by atoms with van der Waals surface area (Å²) < 4.78 is 49.3. The van der Waals surface area contributed by atoms with Crippen LogP contribution in [0.4, 0.5) is 13.2 Å². The third kappa shape index (κ3) is 5.52. The molecule has 0 bridgehead atoms. The molecular weight excluding hydrogens is 461 g/mol. The van der Waals surface area contributed by atoms with Crippen molar-refractivity contribution in [1.29, 1.82) is 0 Å². The number of alkyl halides is 3. The second kappa shape index (κ2) is 9.89. The van der Waals surface area contributed by atoms with E-state index in [1.54, 1.807) is 4.90 Å². The molecule has 0 unspecified atom stereocenters. The molecule has 3 aromatic rings. The second-order valence-corrected chi connectivity index (χ2v) is 8.47. The standard InChI is InChI=1S/C25H25F3N4O3/c1-15-12-16(2)30-31-23(15)17-8-10-32(11-9-17)24(33)20-13-21(34-3)22(14-29-20)35-19-6-4-18(5-7-19)25(26,27)28/h4-7,12-14,17H,8-11H2,1-3H3. The highest BCUT2D eigenvalue weighted by atomic mass is 19.4. The number of piperidine rings is 1. The molecule has 3 heterocycles. The quantitative estimate of drug-likeness (QED) is 0.485. The molecule has 1 saturated heterocycles. The van der Waals surface area contributed by atoms with Gasteiger partial charge in [0.2, 0.25) is 0 Å². The van der Waals surface area contributed by atoms with Gasteiger partial charge < -0.3 is 14.4 Å². The Labute approximate surface area is 200 Å². The van der Waals surface area contributed by atoms with Crippen molar-refractivity contribution in [3.8, 4) is 17.2 Å². The summed E-state index contributed by atoms with van der Waals surface area (Å²) >= 11 is 0. The third-order valence-corrected chi connectivity index (χ3v) is 5.99. The molecule has 0 saturated carbocycles. The van der Waals surface area contributed by atoms with Gasteiger partial charge in [0.1, 0.15) is 11.4 Å². The number of carbonyl (C=O) groups is 1. The molecular formula is C25H25F3N4O3. The van der Waals surface area contributed by atoms with E-state index in [4.69, 9.17) is 9.47 Å². The van der Waals surface area contributed by atoms with E-state index in [-0.39, 0.29) is 34.8 Å². The number of amides is 1. The molecule has 0 atom stereocenters. The van der Waals surface area contributed by atoms with Gasteiger partial charge >= 0.3 is 6.18 Å². The summed E-state index contributed by atoms with van der Waals surface area (Å²) in [4.78, 5) is 19.0. The number of hydrogen-bond donors (Lipinski definition) is 0. The zero-order valence-electron chi connectivity index (χ0n) is 19.6. The maximum atomic E-state index is 13.1. The summed E-state index contributed by atoms with van der Waals surface area (Å²) in [6.07, 6.45) is -1.55. The van der Waals surface area contributed by atoms with Crippen molar-refractivity contribution in [1.82, 2.24) is 20.1 Å². The fourth-order valence-corrected chi connectivity index (χ4v) is 4.17. The van der Waals surface area contributed by atoms with Crippen LogP contribution in [0.1, 0.15) is 51.8 Å². The van der Waals surface area contributed by atoms with Crippen LogP contribution in [0.5, 0.6) is 17.2 Å². The van der Waals surface area contributed by atoms with Crippen molar-refractivity contribution in [2.24, 2.45) is 0 Å². The van der Waals surface area contributed by atoms with Crippen LogP contribution in [0, 0.1) is 13.8 Å². The Kier molecular flexibility index (Phi) is 6.90. The summed E-state index contributed by atoms with van der Waals surface area (Å²) in [7, 11) is 1.42. The Morgan fingerprint density at radius 3 is 2.31 bits per heavy atom. The molecule has 0 N–H and O–H groups in total. The third-order valence-electron chi connectivity index (χ3n) is 5.99. The smallest absolute Gasteiger partial charge is 0.416 e. The van der Waals surface area contributed by atoms with E-state index in [2.05, 4.69) is 15.2 Å². The lowest BCUT2D eigenvalue weighted by Crippen LogP contribution is -2.38. The van der Waals surface area contributed by atoms with Crippen molar-refractivity contribution in [3.05, 3.63) is 70.8 Å². The van der Waals surface area contributed by atoms with Gasteiger partial charge in [0.15, 0.2) is 11.5 Å². The summed E-state index contributed by atoms with van der Waals surface area (Å²) in [6.45, 7) is 5.06. The van der Waals surface area contributed by atoms with Gasteiger partial charge in [-0.1, -0.05) is 0 Å².